The van der Waals surface area contributed by atoms with Crippen LogP contribution in [-0.2, 0) is 0 Å². The first-order valence-electron chi connectivity index (χ1n) is 3.99. The second-order valence-corrected chi connectivity index (χ2v) is 4.06. The van der Waals surface area contributed by atoms with E-state index >= 15 is 0 Å². The van der Waals surface area contributed by atoms with E-state index in [0.717, 1.165) is 18.1 Å². The Balaban J connectivity index is 2.41. The average molecular weight is 189 g/mol. The predicted molar refractivity (Wildman–Crippen MR) is 51.7 cm³/mol. The number of amidine groups is 1. The number of thioether (sulfide) groups is 1. The smallest absolute Gasteiger partial charge is 0.105 e. The van der Waals surface area contributed by atoms with Gasteiger partial charge in [0.15, 0.2) is 0 Å². The molecule has 0 aromatic rings. The Hall–Kier alpha value is -0.260. The Morgan fingerprint density at radius 1 is 1.75 bits per heavy atom. The van der Waals surface area contributed by atoms with Crippen LogP contribution in [0.5, 0.6) is 0 Å². The fraction of sp³-hybridized carbons (Fsp3) is 0.857. The molecule has 12 heavy (non-hydrogen) atoms. The molecule has 1 heterocycles. The van der Waals surface area contributed by atoms with Gasteiger partial charge in [-0.05, 0) is 0 Å². The van der Waals surface area contributed by atoms with E-state index in [1.54, 1.807) is 0 Å². The lowest BCUT2D eigenvalue weighted by molar-refractivity contribution is 0.154. The molecule has 1 rings (SSSR count). The first kappa shape index (κ1) is 9.83. The quantitative estimate of drug-likeness (QED) is 0.407. The zero-order chi connectivity index (χ0) is 8.97. The number of aliphatic hydroxyl groups excluding tert-OH is 1. The van der Waals surface area contributed by atoms with Crippen molar-refractivity contribution in [2.45, 2.75) is 6.04 Å². The number of nitrogens with one attached hydrogen (secondary N) is 1. The lowest BCUT2D eigenvalue weighted by Crippen LogP contribution is -2.48. The Morgan fingerprint density at radius 3 is 3.08 bits per heavy atom. The maximum atomic E-state index is 9.01. The Bertz CT molecular complexity index is 165. The van der Waals surface area contributed by atoms with Crippen LogP contribution >= 0.6 is 11.8 Å². The van der Waals surface area contributed by atoms with Gasteiger partial charge in [0.2, 0.25) is 0 Å². The number of rotatable bonds is 3. The third-order valence-corrected chi connectivity index (χ3v) is 3.03. The molecule has 70 valence electrons. The highest BCUT2D eigenvalue weighted by molar-refractivity contribution is 7.99. The van der Waals surface area contributed by atoms with E-state index in [0.29, 0.717) is 6.54 Å². The monoisotopic (exact) mass is 189 g/mol. The van der Waals surface area contributed by atoms with Gasteiger partial charge in [0, 0.05) is 24.1 Å². The summed E-state index contributed by atoms with van der Waals surface area (Å²) in [6.45, 7) is 1.58. The molecular weight excluding hydrogens is 174 g/mol. The van der Waals surface area contributed by atoms with Gasteiger partial charge in [-0.15, -0.1) is 0 Å². The van der Waals surface area contributed by atoms with Crippen LogP contribution in [0.4, 0.5) is 0 Å². The van der Waals surface area contributed by atoms with Crippen LogP contribution in [0.1, 0.15) is 0 Å². The summed E-state index contributed by atoms with van der Waals surface area (Å²) in [7, 11) is 0. The van der Waals surface area contributed by atoms with Crippen molar-refractivity contribution in [3.05, 3.63) is 0 Å². The van der Waals surface area contributed by atoms with E-state index in [1.807, 2.05) is 11.8 Å². The number of hydrogen-bond acceptors (Lipinski definition) is 4. The summed E-state index contributed by atoms with van der Waals surface area (Å²) in [4.78, 5) is 2.07. The standard InChI is InChI=1S/C7H15N3OS/c8-7(9)3-10-1-2-12-5-6(10)4-11/h6,11H,1-5H2,(H3,8,9). The van der Waals surface area contributed by atoms with Crippen LogP contribution in [0.2, 0.25) is 0 Å². The molecule has 0 aromatic heterocycles. The zero-order valence-electron chi connectivity index (χ0n) is 6.99. The van der Waals surface area contributed by atoms with Crippen LogP contribution in [0.3, 0.4) is 0 Å². The average Bonchev–Trinajstić information content (AvgIpc) is 2.04. The molecule has 1 aliphatic rings. The molecule has 0 bridgehead atoms. The highest BCUT2D eigenvalue weighted by atomic mass is 32.2. The summed E-state index contributed by atoms with van der Waals surface area (Å²) in [5.41, 5.74) is 5.29. The number of nitrogens with zero attached hydrogens (tertiary/aromatic N) is 1. The topological polar surface area (TPSA) is 73.3 Å². The minimum Gasteiger partial charge on any atom is -0.395 e. The van der Waals surface area contributed by atoms with E-state index in [2.05, 4.69) is 4.90 Å². The molecule has 0 spiro atoms. The van der Waals surface area contributed by atoms with Gasteiger partial charge in [-0.3, -0.25) is 10.3 Å². The molecule has 1 unspecified atom stereocenters. The molecule has 5 heteroatoms. The normalized spacial score (nSPS) is 25.6. The maximum Gasteiger partial charge on any atom is 0.105 e. The van der Waals surface area contributed by atoms with E-state index < -0.39 is 0 Å². The van der Waals surface area contributed by atoms with Gasteiger partial charge in [-0.1, -0.05) is 0 Å². The Kier molecular flexibility index (Phi) is 3.84. The van der Waals surface area contributed by atoms with Crippen molar-refractivity contribution in [2.24, 2.45) is 5.73 Å². The van der Waals surface area contributed by atoms with Crippen molar-refractivity contribution in [2.75, 3.05) is 31.2 Å². The number of aliphatic hydroxyl groups is 1. The minimum absolute atomic E-state index is 0.167. The molecule has 0 aromatic carbocycles. The van der Waals surface area contributed by atoms with Gasteiger partial charge >= 0.3 is 0 Å². The maximum absolute atomic E-state index is 9.01. The summed E-state index contributed by atoms with van der Waals surface area (Å²) < 4.78 is 0. The van der Waals surface area contributed by atoms with Crippen LogP contribution in [0.25, 0.3) is 0 Å². The molecule has 0 radical (unpaired) electrons. The van der Waals surface area contributed by atoms with Crippen molar-refractivity contribution in [3.63, 3.8) is 0 Å². The van der Waals surface area contributed by atoms with E-state index in [-0.39, 0.29) is 18.5 Å². The van der Waals surface area contributed by atoms with Crippen molar-refractivity contribution in [3.8, 4) is 0 Å². The third kappa shape index (κ3) is 2.66. The highest BCUT2D eigenvalue weighted by Gasteiger charge is 2.21. The fourth-order valence-corrected chi connectivity index (χ4v) is 2.40. The van der Waals surface area contributed by atoms with Crippen molar-refractivity contribution < 1.29 is 5.11 Å². The summed E-state index contributed by atoms with van der Waals surface area (Å²) in [5, 5.41) is 16.2. The van der Waals surface area contributed by atoms with E-state index in [1.165, 1.54) is 0 Å². The van der Waals surface area contributed by atoms with Gasteiger partial charge in [0.1, 0.15) is 5.84 Å². The van der Waals surface area contributed by atoms with Gasteiger partial charge < -0.3 is 10.8 Å². The molecule has 4 N–H and O–H groups in total. The molecule has 1 atom stereocenters. The second-order valence-electron chi connectivity index (χ2n) is 2.91. The first-order valence-corrected chi connectivity index (χ1v) is 5.15. The van der Waals surface area contributed by atoms with Crippen LogP contribution in [0, 0.1) is 5.41 Å². The van der Waals surface area contributed by atoms with E-state index in [9.17, 15) is 0 Å². The molecule has 0 aliphatic carbocycles. The molecule has 4 nitrogen and oxygen atoms in total. The molecule has 1 saturated heterocycles. The number of nitrogens with two attached hydrogens (primary N) is 1. The summed E-state index contributed by atoms with van der Waals surface area (Å²) in [5.74, 6) is 2.20. The van der Waals surface area contributed by atoms with Crippen molar-refractivity contribution in [1.82, 2.24) is 4.90 Å². The largest absolute Gasteiger partial charge is 0.395 e. The van der Waals surface area contributed by atoms with Gasteiger partial charge in [0.25, 0.3) is 0 Å². The van der Waals surface area contributed by atoms with Gasteiger partial charge in [-0.25, -0.2) is 0 Å². The molecule has 1 aliphatic heterocycles. The minimum atomic E-state index is 0.167. The highest BCUT2D eigenvalue weighted by Crippen LogP contribution is 2.15. The summed E-state index contributed by atoms with van der Waals surface area (Å²) >= 11 is 1.85. The Labute approximate surface area is 76.6 Å². The first-order chi connectivity index (χ1) is 5.74. The van der Waals surface area contributed by atoms with Crippen LogP contribution in [-0.4, -0.2) is 53.1 Å². The molecule has 0 saturated carbocycles. The van der Waals surface area contributed by atoms with Crippen LogP contribution in [0.15, 0.2) is 0 Å². The summed E-state index contributed by atoms with van der Waals surface area (Å²) in [6.07, 6.45) is 0. The van der Waals surface area contributed by atoms with Crippen LogP contribution < -0.4 is 5.73 Å². The van der Waals surface area contributed by atoms with E-state index in [4.69, 9.17) is 16.2 Å². The van der Waals surface area contributed by atoms with Crippen molar-refractivity contribution >= 4 is 17.6 Å². The van der Waals surface area contributed by atoms with Gasteiger partial charge in [0.05, 0.1) is 13.2 Å². The fourth-order valence-electron chi connectivity index (χ4n) is 1.28. The molecular formula is C7H15N3OS. The lowest BCUT2D eigenvalue weighted by Gasteiger charge is -2.33. The zero-order valence-corrected chi connectivity index (χ0v) is 7.81. The van der Waals surface area contributed by atoms with Gasteiger partial charge in [-0.2, -0.15) is 11.8 Å². The van der Waals surface area contributed by atoms with Crippen molar-refractivity contribution in [1.29, 1.82) is 5.41 Å². The predicted octanol–water partition coefficient (Wildman–Crippen LogP) is -0.668. The second kappa shape index (κ2) is 4.69. The number of hydrogen-bond donors (Lipinski definition) is 3. The SMILES string of the molecule is N=C(N)CN1CCSCC1CO. The summed E-state index contributed by atoms with van der Waals surface area (Å²) in [6, 6.07) is 0.188. The molecule has 1 fully saturated rings. The Morgan fingerprint density at radius 2 is 2.50 bits per heavy atom. The lowest BCUT2D eigenvalue weighted by atomic mass is 10.3. The molecule has 0 amide bonds. The third-order valence-electron chi connectivity index (χ3n) is 1.93.